The zero-order valence-electron chi connectivity index (χ0n) is 17.6. The van der Waals surface area contributed by atoms with Crippen LogP contribution in [0.15, 0.2) is 41.5 Å². The van der Waals surface area contributed by atoms with Gasteiger partial charge in [-0.05, 0) is 12.5 Å². The molecule has 1 aromatic rings. The number of ether oxygens (including phenoxy) is 1. The van der Waals surface area contributed by atoms with Crippen LogP contribution in [-0.4, -0.2) is 96.3 Å². The quantitative estimate of drug-likeness (QED) is 0.745. The van der Waals surface area contributed by atoms with Gasteiger partial charge in [0.05, 0.1) is 13.2 Å². The molecule has 0 bridgehead atoms. The molecule has 0 radical (unpaired) electrons. The van der Waals surface area contributed by atoms with Crippen molar-refractivity contribution < 1.29 is 14.3 Å². The third kappa shape index (κ3) is 3.71. The first-order valence-electron chi connectivity index (χ1n) is 10.1. The Bertz CT molecular complexity index is 858. The summed E-state index contributed by atoms with van der Waals surface area (Å²) in [7, 11) is 3.38. The van der Waals surface area contributed by atoms with Crippen LogP contribution in [0.4, 0.5) is 4.79 Å². The third-order valence-electron chi connectivity index (χ3n) is 5.67. The number of nitrogens with zero attached hydrogens (tertiary/aromatic N) is 5. The van der Waals surface area contributed by atoms with E-state index in [9.17, 15) is 9.59 Å². The number of amides is 3. The number of hydrogen-bond acceptors (Lipinski definition) is 7. The van der Waals surface area contributed by atoms with Crippen LogP contribution in [0.1, 0.15) is 12.5 Å². The number of hydrogen-bond donors (Lipinski definition) is 1. The van der Waals surface area contributed by atoms with E-state index in [2.05, 4.69) is 15.3 Å². The standard InChI is InChI=1S/C21H28N6O3/c1-15-14-26-17-18(22-20(26)27(23-15)12-13-30-3)24(2)21(29)25(19(17)28)11-7-10-16-8-5-4-6-9-16/h4-10,17-18,20,22H,11-14H2,1-3H3/b10-7+. The molecule has 3 amide bonds. The summed E-state index contributed by atoms with van der Waals surface area (Å²) in [4.78, 5) is 31.3. The molecule has 0 spiro atoms. The van der Waals surface area contributed by atoms with Crippen molar-refractivity contribution in [3.63, 3.8) is 0 Å². The van der Waals surface area contributed by atoms with E-state index < -0.39 is 12.2 Å². The van der Waals surface area contributed by atoms with Crippen molar-refractivity contribution in [2.45, 2.75) is 25.4 Å². The first-order valence-corrected chi connectivity index (χ1v) is 10.1. The minimum absolute atomic E-state index is 0.183. The Hall–Kier alpha value is -2.75. The highest BCUT2D eigenvalue weighted by molar-refractivity contribution is 6.01. The van der Waals surface area contributed by atoms with E-state index in [0.29, 0.717) is 19.7 Å². The third-order valence-corrected chi connectivity index (χ3v) is 5.67. The van der Waals surface area contributed by atoms with Crippen LogP contribution in [0.25, 0.3) is 6.08 Å². The van der Waals surface area contributed by atoms with Gasteiger partial charge in [-0.15, -0.1) is 0 Å². The molecule has 4 rings (SSSR count). The Labute approximate surface area is 176 Å². The summed E-state index contributed by atoms with van der Waals surface area (Å²) in [6.45, 7) is 3.88. The van der Waals surface area contributed by atoms with Gasteiger partial charge in [-0.3, -0.25) is 20.0 Å². The molecule has 3 atom stereocenters. The second-order valence-corrected chi connectivity index (χ2v) is 7.75. The predicted molar refractivity (Wildman–Crippen MR) is 113 cm³/mol. The number of rotatable bonds is 6. The number of imide groups is 1. The maximum absolute atomic E-state index is 13.4. The number of methoxy groups -OCH3 is 1. The van der Waals surface area contributed by atoms with Crippen LogP contribution in [0.2, 0.25) is 0 Å². The van der Waals surface area contributed by atoms with E-state index in [4.69, 9.17) is 4.74 Å². The van der Waals surface area contributed by atoms with Gasteiger partial charge in [0.1, 0.15) is 12.2 Å². The maximum atomic E-state index is 13.4. The van der Waals surface area contributed by atoms with Crippen molar-refractivity contribution in [1.82, 2.24) is 25.0 Å². The molecule has 3 aliphatic rings. The molecule has 1 aromatic carbocycles. The van der Waals surface area contributed by atoms with Crippen LogP contribution in [-0.2, 0) is 9.53 Å². The highest BCUT2D eigenvalue weighted by atomic mass is 16.5. The molecular formula is C21H28N6O3. The van der Waals surface area contributed by atoms with E-state index in [0.717, 1.165) is 11.3 Å². The SMILES string of the molecule is COCCN1N=C(C)CN2C3C(=O)N(C/C=C/c4ccccc4)C(=O)N(C)C3NC12. The Morgan fingerprint density at radius 2 is 2.03 bits per heavy atom. The van der Waals surface area contributed by atoms with Crippen LogP contribution in [0, 0.1) is 0 Å². The van der Waals surface area contributed by atoms with Crippen molar-refractivity contribution in [1.29, 1.82) is 0 Å². The van der Waals surface area contributed by atoms with Gasteiger partial charge in [0.25, 0.3) is 5.91 Å². The highest BCUT2D eigenvalue weighted by Gasteiger charge is 2.56. The molecule has 30 heavy (non-hydrogen) atoms. The minimum atomic E-state index is -0.460. The minimum Gasteiger partial charge on any atom is -0.383 e. The molecule has 3 aliphatic heterocycles. The van der Waals surface area contributed by atoms with E-state index >= 15 is 0 Å². The molecule has 9 nitrogen and oxygen atoms in total. The monoisotopic (exact) mass is 412 g/mol. The Balaban J connectivity index is 1.53. The lowest BCUT2D eigenvalue weighted by Crippen LogP contribution is -2.66. The highest BCUT2D eigenvalue weighted by Crippen LogP contribution is 2.30. The van der Waals surface area contributed by atoms with Crippen LogP contribution >= 0.6 is 0 Å². The lowest BCUT2D eigenvalue weighted by atomic mass is 10.1. The predicted octanol–water partition coefficient (Wildman–Crippen LogP) is 0.815. The first kappa shape index (κ1) is 20.5. The molecule has 0 aromatic heterocycles. The summed E-state index contributed by atoms with van der Waals surface area (Å²) in [5.74, 6) is -0.183. The Morgan fingerprint density at radius 3 is 2.77 bits per heavy atom. The fourth-order valence-electron chi connectivity index (χ4n) is 4.23. The zero-order valence-corrected chi connectivity index (χ0v) is 17.6. The van der Waals surface area contributed by atoms with Gasteiger partial charge in [0.15, 0.2) is 6.29 Å². The number of urea groups is 1. The average Bonchev–Trinajstić information content (AvgIpc) is 3.13. The number of benzene rings is 1. The van der Waals surface area contributed by atoms with Gasteiger partial charge in [-0.2, -0.15) is 5.10 Å². The van der Waals surface area contributed by atoms with Crippen molar-refractivity contribution in [3.8, 4) is 0 Å². The van der Waals surface area contributed by atoms with E-state index in [1.165, 1.54) is 4.90 Å². The fraction of sp³-hybridized carbons (Fsp3) is 0.476. The maximum Gasteiger partial charge on any atom is 0.328 e. The molecular weight excluding hydrogens is 384 g/mol. The first-order chi connectivity index (χ1) is 14.5. The van der Waals surface area contributed by atoms with Crippen LogP contribution in [0.5, 0.6) is 0 Å². The number of carbonyl (C=O) groups excluding carboxylic acids is 2. The summed E-state index contributed by atoms with van der Waals surface area (Å²) in [6, 6.07) is 9.06. The average molecular weight is 412 g/mol. The summed E-state index contributed by atoms with van der Waals surface area (Å²) in [5, 5.41) is 9.93. The number of nitrogens with one attached hydrogen (secondary N) is 1. The Morgan fingerprint density at radius 1 is 1.27 bits per heavy atom. The molecule has 1 N–H and O–H groups in total. The largest absolute Gasteiger partial charge is 0.383 e. The van der Waals surface area contributed by atoms with E-state index in [1.54, 1.807) is 19.1 Å². The van der Waals surface area contributed by atoms with E-state index in [-0.39, 0.29) is 24.8 Å². The van der Waals surface area contributed by atoms with Gasteiger partial charge in [-0.25, -0.2) is 9.69 Å². The van der Waals surface area contributed by atoms with Gasteiger partial charge in [-0.1, -0.05) is 42.5 Å². The summed E-state index contributed by atoms with van der Waals surface area (Å²) in [6.07, 6.45) is 3.13. The molecule has 160 valence electrons. The van der Waals surface area contributed by atoms with Crippen LogP contribution in [0.3, 0.4) is 0 Å². The van der Waals surface area contributed by atoms with Crippen LogP contribution < -0.4 is 5.32 Å². The van der Waals surface area contributed by atoms with Gasteiger partial charge in [0, 0.05) is 33.0 Å². The van der Waals surface area contributed by atoms with Gasteiger partial charge >= 0.3 is 6.03 Å². The molecule has 2 saturated heterocycles. The normalized spacial score (nSPS) is 27.0. The summed E-state index contributed by atoms with van der Waals surface area (Å²) in [5.41, 5.74) is 1.95. The second kappa shape index (κ2) is 8.55. The lowest BCUT2D eigenvalue weighted by Gasteiger charge is -2.42. The molecule has 9 heteroatoms. The summed E-state index contributed by atoms with van der Waals surface area (Å²) >= 11 is 0. The van der Waals surface area contributed by atoms with Crippen molar-refractivity contribution in [2.75, 3.05) is 40.4 Å². The smallest absolute Gasteiger partial charge is 0.328 e. The van der Waals surface area contributed by atoms with Crippen molar-refractivity contribution in [3.05, 3.63) is 42.0 Å². The fourth-order valence-corrected chi connectivity index (χ4v) is 4.23. The Kier molecular flexibility index (Phi) is 5.85. The molecule has 0 aliphatic carbocycles. The lowest BCUT2D eigenvalue weighted by molar-refractivity contribution is -0.138. The summed E-state index contributed by atoms with van der Waals surface area (Å²) < 4.78 is 5.20. The number of likely N-dealkylation sites (N-methyl/N-ethyl adjacent to an activating group) is 1. The topological polar surface area (TPSA) is 80.7 Å². The van der Waals surface area contributed by atoms with Crippen molar-refractivity contribution >= 4 is 23.7 Å². The van der Waals surface area contributed by atoms with Crippen molar-refractivity contribution in [2.24, 2.45) is 5.10 Å². The molecule has 3 heterocycles. The number of fused-ring (bicyclic) bond motifs is 3. The van der Waals surface area contributed by atoms with Gasteiger partial charge < -0.3 is 9.64 Å². The molecule has 0 saturated carbocycles. The second-order valence-electron chi connectivity index (χ2n) is 7.75. The molecule has 2 fully saturated rings. The number of hydrazone groups is 1. The number of carbonyl (C=O) groups is 2. The van der Waals surface area contributed by atoms with E-state index in [1.807, 2.05) is 54.4 Å². The zero-order chi connectivity index (χ0) is 21.3. The molecule has 3 unspecified atom stereocenters. The van der Waals surface area contributed by atoms with Gasteiger partial charge in [0.2, 0.25) is 0 Å².